The number of allylic oxidation sites excluding steroid dienone is 1. The van der Waals surface area contributed by atoms with Gasteiger partial charge in [-0.1, -0.05) is 55.7 Å². The van der Waals surface area contributed by atoms with Gasteiger partial charge in [-0.3, -0.25) is 14.2 Å². The first kappa shape index (κ1) is 35.8. The zero-order chi connectivity index (χ0) is 36.6. The van der Waals surface area contributed by atoms with Crippen molar-refractivity contribution in [2.24, 2.45) is 29.2 Å². The van der Waals surface area contributed by atoms with Crippen LogP contribution in [0.2, 0.25) is 5.02 Å². The lowest BCUT2D eigenvalue weighted by molar-refractivity contribution is 0.100. The lowest BCUT2D eigenvalue weighted by Crippen LogP contribution is -2.34. The molecule has 16 heteroatoms. The number of amides is 1. The Balaban J connectivity index is 1.36. The molecule has 2 bridgehead atoms. The van der Waals surface area contributed by atoms with Crippen molar-refractivity contribution in [1.82, 2.24) is 34.8 Å². The number of anilines is 2. The maximum absolute atomic E-state index is 14.9. The van der Waals surface area contributed by atoms with Gasteiger partial charge < -0.3 is 14.7 Å². The number of aryl methyl sites for hydroxylation is 2. The first-order valence-corrected chi connectivity index (χ1v) is 19.6. The molecule has 274 valence electrons. The van der Waals surface area contributed by atoms with Crippen LogP contribution in [0.4, 0.5) is 11.5 Å². The molecule has 5 aromatic rings. The number of hydrogen-bond donors (Lipinski definition) is 2. The number of carbonyl (C=O) groups is 1. The number of nitrogens with zero attached hydrogens (tertiary/aromatic N) is 9. The van der Waals surface area contributed by atoms with E-state index >= 15 is 0 Å². The molecule has 5 atom stereocenters. The van der Waals surface area contributed by atoms with Crippen molar-refractivity contribution in [2.75, 3.05) is 28.5 Å². The maximum atomic E-state index is 14.9. The van der Waals surface area contributed by atoms with Gasteiger partial charge in [-0.15, -0.1) is 4.36 Å². The lowest BCUT2D eigenvalue weighted by atomic mass is 9.89. The smallest absolute Gasteiger partial charge is 0.286 e. The number of aromatic nitrogens is 7. The van der Waals surface area contributed by atoms with Gasteiger partial charge >= 0.3 is 0 Å². The van der Waals surface area contributed by atoms with Gasteiger partial charge in [-0.25, -0.2) is 4.21 Å². The summed E-state index contributed by atoms with van der Waals surface area (Å²) in [6, 6.07) is 11.3. The highest BCUT2D eigenvalue weighted by atomic mass is 35.5. The molecule has 0 saturated carbocycles. The van der Waals surface area contributed by atoms with Crippen molar-refractivity contribution in [2.45, 2.75) is 59.1 Å². The number of tetrazole rings is 1. The third kappa shape index (κ3) is 7.62. The number of ether oxygens (including phenoxy) is 1. The Hall–Kier alpha value is -4.60. The van der Waals surface area contributed by atoms with E-state index in [1.807, 2.05) is 38.1 Å². The van der Waals surface area contributed by atoms with Crippen LogP contribution in [-0.4, -0.2) is 75.0 Å². The minimum Gasteiger partial charge on any atom is -0.491 e. The molecule has 0 saturated heterocycles. The summed E-state index contributed by atoms with van der Waals surface area (Å²) < 4.78 is 31.7. The fraction of sp³-hybridized carbons (Fsp3) is 0.444. The van der Waals surface area contributed by atoms with E-state index in [4.69, 9.17) is 16.3 Å². The standard InChI is InChI=1S/C36H43ClN10O4S/c1-22-8-7-10-31(48)24(3)23(2)18-46-19-27-11-13-28(37)16-25(27)9-5-6-15-51-32-14-12-26(17-30(32)46)35(49)42-52(50,21-22)41-33-29-20-45(4)40-34(29)47-36(38-33)39-43-44-47/h7,10-14,16-17,20,22-24,31,48H,5-6,8-9,15,18-19,21H2,1-4H3,(H,38,39,41,42,44,49,50)/b10-7+/t22-,23-,24+,31-,52?/m0/s1. The van der Waals surface area contributed by atoms with Crippen LogP contribution in [-0.2, 0) is 29.9 Å². The number of fused-ring (bicyclic) bond motifs is 5. The molecule has 7 rings (SSSR count). The molecule has 0 spiro atoms. The molecule has 1 amide bonds. The summed E-state index contributed by atoms with van der Waals surface area (Å²) in [6.07, 6.45) is 7.88. The van der Waals surface area contributed by atoms with Crippen molar-refractivity contribution in [3.63, 3.8) is 0 Å². The minimum absolute atomic E-state index is 0.0181. The van der Waals surface area contributed by atoms with Crippen LogP contribution in [0.1, 0.15) is 61.5 Å². The van der Waals surface area contributed by atoms with E-state index in [1.165, 1.54) is 10.1 Å². The number of hydrogen-bond acceptors (Lipinski definition) is 10. The lowest BCUT2D eigenvalue weighted by Gasteiger charge is -2.33. The zero-order valence-electron chi connectivity index (χ0n) is 29.6. The molecule has 0 radical (unpaired) electrons. The van der Waals surface area contributed by atoms with E-state index in [-0.39, 0.29) is 40.7 Å². The second-order valence-corrected chi connectivity index (χ2v) is 16.5. The van der Waals surface area contributed by atoms with E-state index in [0.717, 1.165) is 30.5 Å². The molecule has 5 heterocycles. The molecule has 2 aliphatic heterocycles. The van der Waals surface area contributed by atoms with Crippen LogP contribution < -0.4 is 14.4 Å². The third-order valence-electron chi connectivity index (χ3n) is 9.92. The van der Waals surface area contributed by atoms with Crippen LogP contribution in [0.25, 0.3) is 16.8 Å². The average molecular weight is 747 g/mol. The number of halogens is 1. The highest BCUT2D eigenvalue weighted by Gasteiger charge is 2.27. The predicted molar refractivity (Wildman–Crippen MR) is 201 cm³/mol. The number of aliphatic hydroxyl groups excluding tert-OH is 1. The Morgan fingerprint density at radius 3 is 2.79 bits per heavy atom. The monoisotopic (exact) mass is 746 g/mol. The molecule has 0 fully saturated rings. The Kier molecular flexibility index (Phi) is 10.2. The molecule has 52 heavy (non-hydrogen) atoms. The van der Waals surface area contributed by atoms with Crippen molar-refractivity contribution < 1.29 is 18.8 Å². The predicted octanol–water partition coefficient (Wildman–Crippen LogP) is 5.65. The molecule has 2 aliphatic rings. The maximum Gasteiger partial charge on any atom is 0.286 e. The van der Waals surface area contributed by atoms with Crippen molar-refractivity contribution in [3.8, 4) is 5.75 Å². The topological polar surface area (TPSA) is 165 Å². The van der Waals surface area contributed by atoms with Crippen molar-refractivity contribution in [1.29, 1.82) is 0 Å². The van der Waals surface area contributed by atoms with E-state index in [2.05, 4.69) is 52.6 Å². The van der Waals surface area contributed by atoms with Gasteiger partial charge in [-0.05, 0) is 95.3 Å². The summed E-state index contributed by atoms with van der Waals surface area (Å²) >= 11 is 6.45. The van der Waals surface area contributed by atoms with Crippen LogP contribution in [0, 0.1) is 17.8 Å². The molecule has 3 aromatic heterocycles. The number of aliphatic hydroxyl groups is 1. The van der Waals surface area contributed by atoms with E-state index in [1.54, 1.807) is 36.1 Å². The van der Waals surface area contributed by atoms with Gasteiger partial charge in [0.2, 0.25) is 0 Å². The first-order valence-electron chi connectivity index (χ1n) is 17.6. The Labute approximate surface area is 307 Å². The minimum atomic E-state index is -3.50. The average Bonchev–Trinajstić information content (AvgIpc) is 3.73. The normalized spacial score (nSPS) is 25.5. The highest BCUT2D eigenvalue weighted by molar-refractivity contribution is 7.95. The molecule has 0 aliphatic carbocycles. The summed E-state index contributed by atoms with van der Waals surface area (Å²) in [5.41, 5.74) is 3.69. The van der Waals surface area contributed by atoms with Crippen LogP contribution in [0.3, 0.4) is 0 Å². The van der Waals surface area contributed by atoms with E-state index < -0.39 is 21.9 Å². The largest absolute Gasteiger partial charge is 0.491 e. The molecular weight excluding hydrogens is 704 g/mol. The molecular formula is C36H43ClN10O4S. The summed E-state index contributed by atoms with van der Waals surface area (Å²) in [5, 5.41) is 28.7. The van der Waals surface area contributed by atoms with E-state index in [0.29, 0.717) is 47.9 Å². The van der Waals surface area contributed by atoms with Crippen LogP contribution >= 0.6 is 11.6 Å². The van der Waals surface area contributed by atoms with Gasteiger partial charge in [0.1, 0.15) is 15.7 Å². The van der Waals surface area contributed by atoms with Gasteiger partial charge in [0.05, 0.1) is 29.5 Å². The zero-order valence-corrected chi connectivity index (χ0v) is 31.2. The number of benzene rings is 2. The summed E-state index contributed by atoms with van der Waals surface area (Å²) in [7, 11) is -1.75. The second kappa shape index (κ2) is 14.8. The van der Waals surface area contributed by atoms with Gasteiger partial charge in [-0.2, -0.15) is 14.6 Å². The van der Waals surface area contributed by atoms with Crippen molar-refractivity contribution in [3.05, 3.63) is 76.5 Å². The number of carbonyl (C=O) groups excluding carboxylic acids is 1. The Bertz CT molecular complexity index is 2280. The number of rotatable bonds is 2. The molecule has 14 nitrogen and oxygen atoms in total. The molecule has 1 unspecified atom stereocenters. The highest BCUT2D eigenvalue weighted by Crippen LogP contribution is 2.35. The van der Waals surface area contributed by atoms with Gasteiger partial charge in [0.25, 0.3) is 11.7 Å². The quantitative estimate of drug-likeness (QED) is 0.216. The fourth-order valence-corrected chi connectivity index (χ4v) is 8.99. The summed E-state index contributed by atoms with van der Waals surface area (Å²) in [5.74, 6) is 0.146. The summed E-state index contributed by atoms with van der Waals surface area (Å²) in [6.45, 7) is 7.72. The van der Waals surface area contributed by atoms with E-state index in [9.17, 15) is 14.1 Å². The summed E-state index contributed by atoms with van der Waals surface area (Å²) in [4.78, 5) is 20.9. The number of nitrogens with one attached hydrogen (secondary N) is 1. The second-order valence-electron chi connectivity index (χ2n) is 14.1. The van der Waals surface area contributed by atoms with Crippen LogP contribution in [0.5, 0.6) is 5.75 Å². The van der Waals surface area contributed by atoms with Gasteiger partial charge in [0, 0.05) is 36.9 Å². The van der Waals surface area contributed by atoms with Crippen molar-refractivity contribution >= 4 is 55.7 Å². The molecule has 2 N–H and O–H groups in total. The first-order chi connectivity index (χ1) is 25.0. The molecule has 2 aromatic carbocycles. The fourth-order valence-electron chi connectivity index (χ4n) is 6.85. The Morgan fingerprint density at radius 1 is 1.10 bits per heavy atom. The third-order valence-corrected chi connectivity index (χ3v) is 12.1. The SMILES string of the molecule is C[C@H]1C/C=C/[C@H](O)[C@H](C)[C@@H](C)CN2Cc3ccc(Cl)cc3CCCCOc3ccc(cc32)C(=O)N=S(=O)(Nc2nc3nnnn3c3nn(C)cc23)C1. The van der Waals surface area contributed by atoms with Gasteiger partial charge in [0.15, 0.2) is 11.5 Å². The van der Waals surface area contributed by atoms with Crippen LogP contribution in [0.15, 0.2) is 59.1 Å². The Morgan fingerprint density at radius 2 is 1.94 bits per heavy atom.